The third-order valence-electron chi connectivity index (χ3n) is 6.99. The number of carbonyl (C=O) groups is 4. The fourth-order valence-corrected chi connectivity index (χ4v) is 5.54. The molecule has 0 spiro atoms. The lowest BCUT2D eigenvalue weighted by molar-refractivity contribution is -0.143. The number of phenols is 1. The van der Waals surface area contributed by atoms with Crippen LogP contribution in [-0.2, 0) is 16.0 Å². The van der Waals surface area contributed by atoms with Gasteiger partial charge in [0.05, 0.1) is 11.1 Å². The molecule has 0 radical (unpaired) electrons. The number of aryl methyl sites for hydroxylation is 1. The highest BCUT2D eigenvalue weighted by atomic mass is 16.3. The predicted octanol–water partition coefficient (Wildman–Crippen LogP) is 2.70. The molecule has 7 heteroatoms. The highest BCUT2D eigenvalue weighted by molar-refractivity contribution is 6.25. The van der Waals surface area contributed by atoms with Gasteiger partial charge >= 0.3 is 0 Å². The number of aliphatic hydroxyl groups excluding tert-OH is 1. The monoisotopic (exact) mass is 424 g/mol. The zero-order valence-electron chi connectivity index (χ0n) is 17.8. The number of benzene rings is 1. The van der Waals surface area contributed by atoms with Crippen molar-refractivity contribution >= 4 is 23.1 Å². The number of aliphatic hydroxyl groups is 2. The SMILES string of the molecule is CC(=O)C1=C(C)C[C@@H]2C[C@@H]3Cc4c(C(C)=O)cc(C)c(O)c4C(=O)C3=C(O)[C@]2(O)C1=O. The quantitative estimate of drug-likeness (QED) is 0.492. The molecular weight excluding hydrogens is 400 g/mol. The second kappa shape index (κ2) is 6.72. The van der Waals surface area contributed by atoms with E-state index in [1.54, 1.807) is 19.9 Å². The van der Waals surface area contributed by atoms with Gasteiger partial charge in [-0.1, -0.05) is 5.57 Å². The maximum absolute atomic E-state index is 13.4. The lowest BCUT2D eigenvalue weighted by Crippen LogP contribution is -2.56. The van der Waals surface area contributed by atoms with Crippen LogP contribution in [0, 0.1) is 18.8 Å². The van der Waals surface area contributed by atoms with E-state index in [9.17, 15) is 34.5 Å². The lowest BCUT2D eigenvalue weighted by atomic mass is 9.59. The lowest BCUT2D eigenvalue weighted by Gasteiger charge is -2.46. The minimum Gasteiger partial charge on any atom is -0.508 e. The van der Waals surface area contributed by atoms with Crippen LogP contribution in [0.1, 0.15) is 65.5 Å². The second-order valence-electron chi connectivity index (χ2n) is 8.94. The van der Waals surface area contributed by atoms with Crippen molar-refractivity contribution in [3.63, 3.8) is 0 Å². The summed E-state index contributed by atoms with van der Waals surface area (Å²) in [7, 11) is 0. The van der Waals surface area contributed by atoms with E-state index in [0.717, 1.165) is 0 Å². The Kier molecular flexibility index (Phi) is 4.59. The van der Waals surface area contributed by atoms with E-state index >= 15 is 0 Å². The van der Waals surface area contributed by atoms with Gasteiger partial charge in [-0.3, -0.25) is 19.2 Å². The van der Waals surface area contributed by atoms with E-state index in [0.29, 0.717) is 22.3 Å². The Balaban J connectivity index is 1.95. The van der Waals surface area contributed by atoms with E-state index in [-0.39, 0.29) is 47.5 Å². The van der Waals surface area contributed by atoms with Gasteiger partial charge in [-0.25, -0.2) is 0 Å². The Hall–Kier alpha value is -3.06. The molecule has 3 N–H and O–H groups in total. The maximum atomic E-state index is 13.4. The van der Waals surface area contributed by atoms with Gasteiger partial charge in [0.25, 0.3) is 0 Å². The number of hydrogen-bond acceptors (Lipinski definition) is 7. The Labute approximate surface area is 179 Å². The van der Waals surface area contributed by atoms with E-state index < -0.39 is 40.5 Å². The summed E-state index contributed by atoms with van der Waals surface area (Å²) in [5.74, 6) is -4.60. The van der Waals surface area contributed by atoms with Gasteiger partial charge in [-0.05, 0) is 70.1 Å². The first-order valence-corrected chi connectivity index (χ1v) is 10.2. The zero-order chi connectivity index (χ0) is 23.0. The molecule has 4 rings (SSSR count). The van der Waals surface area contributed by atoms with Crippen LogP contribution in [0.5, 0.6) is 5.75 Å². The molecule has 7 nitrogen and oxygen atoms in total. The largest absolute Gasteiger partial charge is 0.508 e. The van der Waals surface area contributed by atoms with Crippen LogP contribution in [0.4, 0.5) is 0 Å². The number of carbonyl (C=O) groups excluding carboxylic acids is 4. The Morgan fingerprint density at radius 1 is 1.06 bits per heavy atom. The van der Waals surface area contributed by atoms with Gasteiger partial charge in [0, 0.05) is 17.1 Å². The van der Waals surface area contributed by atoms with Gasteiger partial charge in [-0.15, -0.1) is 0 Å². The maximum Gasteiger partial charge on any atom is 0.205 e. The van der Waals surface area contributed by atoms with Crippen molar-refractivity contribution in [1.29, 1.82) is 0 Å². The molecule has 0 amide bonds. The molecule has 0 saturated heterocycles. The molecule has 0 aliphatic heterocycles. The Bertz CT molecular complexity index is 1170. The molecule has 3 atom stereocenters. The van der Waals surface area contributed by atoms with Gasteiger partial charge in [0.1, 0.15) is 11.5 Å². The van der Waals surface area contributed by atoms with E-state index in [2.05, 4.69) is 0 Å². The summed E-state index contributed by atoms with van der Waals surface area (Å²) in [5.41, 5.74) is -1.06. The topological polar surface area (TPSA) is 129 Å². The summed E-state index contributed by atoms with van der Waals surface area (Å²) < 4.78 is 0. The zero-order valence-corrected chi connectivity index (χ0v) is 17.8. The highest BCUT2D eigenvalue weighted by Gasteiger charge is 2.58. The molecule has 1 aromatic carbocycles. The summed E-state index contributed by atoms with van der Waals surface area (Å²) in [6.45, 7) is 5.83. The molecule has 0 heterocycles. The number of aromatic hydroxyl groups is 1. The normalized spacial score (nSPS) is 27.6. The van der Waals surface area contributed by atoms with Crippen molar-refractivity contribution in [3.8, 4) is 5.75 Å². The second-order valence-corrected chi connectivity index (χ2v) is 8.94. The van der Waals surface area contributed by atoms with Gasteiger partial charge in [-0.2, -0.15) is 0 Å². The first kappa shape index (κ1) is 21.2. The van der Waals surface area contributed by atoms with Gasteiger partial charge < -0.3 is 15.3 Å². The van der Waals surface area contributed by atoms with Gasteiger partial charge in [0.2, 0.25) is 5.78 Å². The molecule has 0 unspecified atom stereocenters. The number of fused-ring (bicyclic) bond motifs is 3. The number of phenolic OH excluding ortho intramolecular Hbond substituents is 1. The van der Waals surface area contributed by atoms with Crippen molar-refractivity contribution in [3.05, 3.63) is 50.8 Å². The molecule has 162 valence electrons. The number of ketones is 4. The number of Topliss-reactive ketones (excluding diaryl/α,β-unsaturated/α-hetero) is 4. The molecule has 31 heavy (non-hydrogen) atoms. The van der Waals surface area contributed by atoms with E-state index in [1.165, 1.54) is 13.8 Å². The predicted molar refractivity (Wildman–Crippen MR) is 110 cm³/mol. The van der Waals surface area contributed by atoms with Crippen molar-refractivity contribution in [1.82, 2.24) is 0 Å². The fourth-order valence-electron chi connectivity index (χ4n) is 5.54. The van der Waals surface area contributed by atoms with Crippen LogP contribution in [0.25, 0.3) is 0 Å². The van der Waals surface area contributed by atoms with E-state index in [1.807, 2.05) is 0 Å². The first-order valence-electron chi connectivity index (χ1n) is 10.2. The summed E-state index contributed by atoms with van der Waals surface area (Å²) in [4.78, 5) is 50.7. The Morgan fingerprint density at radius 3 is 2.29 bits per heavy atom. The minimum absolute atomic E-state index is 0.0770. The third kappa shape index (κ3) is 2.69. The first-order chi connectivity index (χ1) is 14.4. The van der Waals surface area contributed by atoms with Crippen LogP contribution in [0.3, 0.4) is 0 Å². The molecule has 0 aromatic heterocycles. The molecule has 0 fully saturated rings. The van der Waals surface area contributed by atoms with Crippen LogP contribution in [-0.4, -0.2) is 44.1 Å². The minimum atomic E-state index is -2.36. The number of allylic oxidation sites excluding steroid dienone is 2. The number of rotatable bonds is 2. The smallest absolute Gasteiger partial charge is 0.205 e. The highest BCUT2D eigenvalue weighted by Crippen LogP contribution is 2.52. The molecular formula is C24H24O7. The molecule has 3 aliphatic rings. The van der Waals surface area contributed by atoms with Crippen LogP contribution in [0.2, 0.25) is 0 Å². The molecule has 0 saturated carbocycles. The van der Waals surface area contributed by atoms with Crippen LogP contribution in [0.15, 0.2) is 28.5 Å². The summed E-state index contributed by atoms with van der Waals surface area (Å²) in [5, 5.41) is 33.0. The van der Waals surface area contributed by atoms with E-state index in [4.69, 9.17) is 0 Å². The van der Waals surface area contributed by atoms with Gasteiger partial charge in [0.15, 0.2) is 23.0 Å². The average Bonchev–Trinajstić information content (AvgIpc) is 2.66. The summed E-state index contributed by atoms with van der Waals surface area (Å²) in [6.07, 6.45) is 0.665. The fraction of sp³-hybridized carbons (Fsp3) is 0.417. The number of hydrogen-bond donors (Lipinski definition) is 3. The standard InChI is InChI=1S/C24H24O7/c1-9-5-14-7-13-8-16-15(11(3)25)6-10(2)20(27)19(16)21(28)18(13)23(30)24(14,31)22(29)17(9)12(4)26/h6,13-14,27,30-31H,5,7-8H2,1-4H3/t13-,14-,24-/m1/s1. The molecule has 3 aliphatic carbocycles. The molecule has 0 bridgehead atoms. The van der Waals surface area contributed by atoms with Crippen molar-refractivity contribution in [2.24, 2.45) is 11.8 Å². The van der Waals surface area contributed by atoms with Crippen molar-refractivity contribution in [2.75, 3.05) is 0 Å². The van der Waals surface area contributed by atoms with Crippen LogP contribution >= 0.6 is 0 Å². The summed E-state index contributed by atoms with van der Waals surface area (Å²) >= 11 is 0. The molecule has 1 aromatic rings. The van der Waals surface area contributed by atoms with Crippen molar-refractivity contribution in [2.45, 2.75) is 52.6 Å². The third-order valence-corrected chi connectivity index (χ3v) is 6.99. The average molecular weight is 424 g/mol. The summed E-state index contributed by atoms with van der Waals surface area (Å²) in [6, 6.07) is 1.55. The van der Waals surface area contributed by atoms with Crippen molar-refractivity contribution < 1.29 is 34.5 Å². The Morgan fingerprint density at radius 2 is 1.71 bits per heavy atom. The van der Waals surface area contributed by atoms with Crippen LogP contribution < -0.4 is 0 Å².